The van der Waals surface area contributed by atoms with Gasteiger partial charge in [-0.1, -0.05) is 0 Å². The van der Waals surface area contributed by atoms with Crippen molar-refractivity contribution in [3.8, 4) is 0 Å². The minimum absolute atomic E-state index is 0.288. The molecule has 124 valence electrons. The second-order valence-electron chi connectivity index (χ2n) is 6.02. The molecule has 0 bridgehead atoms. The molecule has 23 heavy (non-hydrogen) atoms. The second-order valence-corrected chi connectivity index (χ2v) is 7.34. The highest BCUT2D eigenvalue weighted by atomic mass is 32.1. The van der Waals surface area contributed by atoms with Crippen LogP contribution in [0, 0.1) is 6.92 Å². The molecule has 0 radical (unpaired) electrons. The monoisotopic (exact) mass is 332 g/mol. The molecule has 1 aliphatic heterocycles. The molecule has 0 unspecified atom stereocenters. The van der Waals surface area contributed by atoms with Gasteiger partial charge in [0.2, 0.25) is 0 Å². The molecular weight excluding hydrogens is 308 g/mol. The highest BCUT2D eigenvalue weighted by Gasteiger charge is 2.20. The van der Waals surface area contributed by atoms with Crippen molar-refractivity contribution in [3.05, 3.63) is 33.7 Å². The Morgan fingerprint density at radius 3 is 2.91 bits per heavy atom. The predicted octanol–water partition coefficient (Wildman–Crippen LogP) is 2.34. The van der Waals surface area contributed by atoms with Gasteiger partial charge in [-0.05, 0) is 33.4 Å². The second kappa shape index (κ2) is 7.33. The highest BCUT2D eigenvalue weighted by molar-refractivity contribution is 7.11. The number of nitrogens with zero attached hydrogens (tertiary/aromatic N) is 4. The van der Waals surface area contributed by atoms with Gasteiger partial charge in [-0.15, -0.1) is 11.3 Å². The van der Waals surface area contributed by atoms with Gasteiger partial charge >= 0.3 is 0 Å². The zero-order valence-corrected chi connectivity index (χ0v) is 14.8. The van der Waals surface area contributed by atoms with Crippen molar-refractivity contribution in [1.82, 2.24) is 25.2 Å². The molecule has 0 spiro atoms. The number of aromatic nitrogens is 3. The minimum atomic E-state index is 0.288. The Morgan fingerprint density at radius 1 is 1.39 bits per heavy atom. The summed E-state index contributed by atoms with van der Waals surface area (Å²) in [6.07, 6.45) is 4.27. The molecule has 0 amide bonds. The smallest absolute Gasteiger partial charge is 0.147 e. The molecule has 1 fully saturated rings. The van der Waals surface area contributed by atoms with E-state index in [1.54, 1.807) is 11.3 Å². The fourth-order valence-electron chi connectivity index (χ4n) is 2.86. The van der Waals surface area contributed by atoms with E-state index in [-0.39, 0.29) is 6.04 Å². The van der Waals surface area contributed by atoms with Crippen molar-refractivity contribution in [2.45, 2.75) is 38.9 Å². The number of nitrogens with one attached hydrogen (secondary N) is 2. The lowest BCUT2D eigenvalue weighted by Crippen LogP contribution is -2.21. The summed E-state index contributed by atoms with van der Waals surface area (Å²) in [6.45, 7) is 4.78. The van der Waals surface area contributed by atoms with Crippen LogP contribution in [-0.2, 0) is 13.1 Å². The van der Waals surface area contributed by atoms with E-state index in [2.05, 4.69) is 32.5 Å². The Kier molecular flexibility index (Phi) is 5.20. The Bertz CT molecular complexity index is 650. The van der Waals surface area contributed by atoms with E-state index in [1.165, 1.54) is 11.3 Å². The minimum Gasteiger partial charge on any atom is -0.373 e. The molecule has 2 aromatic rings. The summed E-state index contributed by atoms with van der Waals surface area (Å²) in [6, 6.07) is 2.32. The molecule has 1 aliphatic rings. The topological polar surface area (TPSA) is 66.0 Å². The van der Waals surface area contributed by atoms with Gasteiger partial charge in [0.1, 0.15) is 11.6 Å². The van der Waals surface area contributed by atoms with E-state index in [0.29, 0.717) is 0 Å². The summed E-state index contributed by atoms with van der Waals surface area (Å²) in [4.78, 5) is 17.3. The summed E-state index contributed by atoms with van der Waals surface area (Å²) in [7, 11) is 4.02. The van der Waals surface area contributed by atoms with Gasteiger partial charge < -0.3 is 10.6 Å². The van der Waals surface area contributed by atoms with Gasteiger partial charge in [-0.3, -0.25) is 4.90 Å². The molecule has 6 nitrogen and oxygen atoms in total. The quantitative estimate of drug-likeness (QED) is 0.846. The van der Waals surface area contributed by atoms with Crippen LogP contribution in [0.5, 0.6) is 0 Å². The maximum atomic E-state index is 4.78. The van der Waals surface area contributed by atoms with Crippen LogP contribution in [0.1, 0.15) is 40.3 Å². The van der Waals surface area contributed by atoms with Gasteiger partial charge in [0.15, 0.2) is 0 Å². The van der Waals surface area contributed by atoms with Crippen LogP contribution >= 0.6 is 11.3 Å². The number of rotatable bonds is 6. The van der Waals surface area contributed by atoms with E-state index < -0.39 is 0 Å². The van der Waals surface area contributed by atoms with E-state index in [9.17, 15) is 0 Å². The molecule has 2 aromatic heterocycles. The summed E-state index contributed by atoms with van der Waals surface area (Å²) < 4.78 is 0. The van der Waals surface area contributed by atoms with Crippen molar-refractivity contribution in [1.29, 1.82) is 0 Å². The Balaban J connectivity index is 1.71. The standard InChI is InChI=1S/C16H24N6S/c1-11-19-8-13(23-11)10-22(3)9-12-7-15(17-2)21-16(20-12)14-5-4-6-18-14/h7-8,14,18H,4-6,9-10H2,1-3H3,(H,17,20,21)/t14-/m0/s1. The Labute approximate surface area is 141 Å². The van der Waals surface area contributed by atoms with Gasteiger partial charge in [-0.25, -0.2) is 15.0 Å². The first kappa shape index (κ1) is 16.3. The van der Waals surface area contributed by atoms with Crippen molar-refractivity contribution in [2.75, 3.05) is 26.0 Å². The maximum absolute atomic E-state index is 4.78. The maximum Gasteiger partial charge on any atom is 0.147 e. The number of hydrogen-bond donors (Lipinski definition) is 2. The lowest BCUT2D eigenvalue weighted by Gasteiger charge is -2.17. The third-order valence-corrected chi connectivity index (χ3v) is 4.85. The van der Waals surface area contributed by atoms with Crippen molar-refractivity contribution >= 4 is 17.2 Å². The number of hydrogen-bond acceptors (Lipinski definition) is 7. The van der Waals surface area contributed by atoms with Crippen molar-refractivity contribution < 1.29 is 0 Å². The molecule has 0 saturated carbocycles. The van der Waals surface area contributed by atoms with Crippen LogP contribution < -0.4 is 10.6 Å². The van der Waals surface area contributed by atoms with Crippen LogP contribution in [-0.4, -0.2) is 40.5 Å². The molecule has 0 aliphatic carbocycles. The van der Waals surface area contributed by atoms with Crippen LogP contribution in [0.15, 0.2) is 12.3 Å². The average molecular weight is 332 g/mol. The fourth-order valence-corrected chi connectivity index (χ4v) is 3.74. The fraction of sp³-hybridized carbons (Fsp3) is 0.562. The van der Waals surface area contributed by atoms with Gasteiger partial charge in [0.25, 0.3) is 0 Å². The van der Waals surface area contributed by atoms with Crippen LogP contribution in [0.3, 0.4) is 0 Å². The summed E-state index contributed by atoms with van der Waals surface area (Å²) in [5, 5.41) is 7.74. The third-order valence-electron chi connectivity index (χ3n) is 3.95. The first-order valence-corrected chi connectivity index (χ1v) is 8.84. The zero-order valence-electron chi connectivity index (χ0n) is 14.0. The molecule has 0 aromatic carbocycles. The first-order valence-electron chi connectivity index (χ1n) is 8.03. The average Bonchev–Trinajstić information content (AvgIpc) is 3.18. The number of aryl methyl sites for hydroxylation is 1. The van der Waals surface area contributed by atoms with E-state index in [0.717, 1.165) is 48.4 Å². The first-order chi connectivity index (χ1) is 11.1. The summed E-state index contributed by atoms with van der Waals surface area (Å²) in [5.74, 6) is 1.80. The van der Waals surface area contributed by atoms with Gasteiger partial charge in [0.05, 0.1) is 16.7 Å². The van der Waals surface area contributed by atoms with Crippen LogP contribution in [0.4, 0.5) is 5.82 Å². The zero-order chi connectivity index (χ0) is 16.2. The number of anilines is 1. The van der Waals surface area contributed by atoms with Crippen molar-refractivity contribution in [3.63, 3.8) is 0 Å². The summed E-state index contributed by atoms with van der Waals surface area (Å²) >= 11 is 1.75. The lowest BCUT2D eigenvalue weighted by atomic mass is 10.2. The lowest BCUT2D eigenvalue weighted by molar-refractivity contribution is 0.317. The summed E-state index contributed by atoms with van der Waals surface area (Å²) in [5.41, 5.74) is 1.05. The van der Waals surface area contributed by atoms with Gasteiger partial charge in [0, 0.05) is 37.3 Å². The normalized spacial score (nSPS) is 17.8. The van der Waals surface area contributed by atoms with Gasteiger partial charge in [-0.2, -0.15) is 0 Å². The highest BCUT2D eigenvalue weighted by Crippen LogP contribution is 2.22. The molecule has 1 atom stereocenters. The molecule has 2 N–H and O–H groups in total. The predicted molar refractivity (Wildman–Crippen MR) is 93.6 cm³/mol. The third kappa shape index (κ3) is 4.25. The Morgan fingerprint density at radius 2 is 2.26 bits per heavy atom. The molecule has 7 heteroatoms. The van der Waals surface area contributed by atoms with E-state index >= 15 is 0 Å². The van der Waals surface area contributed by atoms with Crippen LogP contribution in [0.2, 0.25) is 0 Å². The molecular formula is C16H24N6S. The SMILES string of the molecule is CNc1cc(CN(C)Cc2cnc(C)s2)nc([C@@H]2CCCN2)n1. The molecule has 3 heterocycles. The van der Waals surface area contributed by atoms with Crippen molar-refractivity contribution in [2.24, 2.45) is 0 Å². The molecule has 1 saturated heterocycles. The number of thiazole rings is 1. The van der Waals surface area contributed by atoms with E-state index in [4.69, 9.17) is 4.98 Å². The Hall–Kier alpha value is -1.57. The molecule has 3 rings (SSSR count). The largest absolute Gasteiger partial charge is 0.373 e. The van der Waals surface area contributed by atoms with E-state index in [1.807, 2.05) is 26.2 Å². The van der Waals surface area contributed by atoms with Crippen LogP contribution in [0.25, 0.3) is 0 Å².